The van der Waals surface area contributed by atoms with Crippen LogP contribution in [0.3, 0.4) is 0 Å². The van der Waals surface area contributed by atoms with E-state index in [1.54, 1.807) is 19.2 Å². The Morgan fingerprint density at radius 2 is 1.65 bits per heavy atom. The van der Waals surface area contributed by atoms with Gasteiger partial charge in [0.1, 0.15) is 10.8 Å². The number of methoxy groups -OCH3 is 1. The predicted molar refractivity (Wildman–Crippen MR) is 105 cm³/mol. The van der Waals surface area contributed by atoms with Gasteiger partial charge < -0.3 is 10.1 Å². The van der Waals surface area contributed by atoms with Crippen LogP contribution in [-0.4, -0.2) is 18.7 Å². The summed E-state index contributed by atoms with van der Waals surface area (Å²) in [6, 6.07) is 16.5. The molecule has 3 aromatic rings. The van der Waals surface area contributed by atoms with Crippen molar-refractivity contribution in [3.63, 3.8) is 0 Å². The highest BCUT2D eigenvalue weighted by Gasteiger charge is 2.23. The highest BCUT2D eigenvalue weighted by molar-refractivity contribution is 7.18. The normalized spacial score (nSPS) is 10.4. The zero-order valence-corrected chi connectivity index (χ0v) is 15.6. The number of Topliss-reactive ketones (excluding diaryl/α,β-unsaturated/α-hetero) is 1. The van der Waals surface area contributed by atoms with Gasteiger partial charge in [-0.15, -0.1) is 11.3 Å². The molecule has 1 aromatic heterocycles. The molecule has 0 amide bonds. The summed E-state index contributed by atoms with van der Waals surface area (Å²) in [6.07, 6.45) is 0. The number of hydrogen-bond donors (Lipinski definition) is 1. The molecule has 132 valence electrons. The number of rotatable bonds is 6. The second-order valence-corrected chi connectivity index (χ2v) is 6.89. The first-order chi connectivity index (χ1) is 12.5. The number of thiophene rings is 1. The van der Waals surface area contributed by atoms with Crippen molar-refractivity contribution in [3.05, 3.63) is 76.2 Å². The average Bonchev–Trinajstić information content (AvgIpc) is 2.98. The Balaban J connectivity index is 1.99. The Hall–Kier alpha value is -2.92. The second-order valence-electron chi connectivity index (χ2n) is 5.87. The monoisotopic (exact) mass is 365 g/mol. The molecule has 0 unspecified atom stereocenters. The van der Waals surface area contributed by atoms with E-state index in [2.05, 4.69) is 5.32 Å². The molecule has 0 aliphatic rings. The first-order valence-corrected chi connectivity index (χ1v) is 8.98. The zero-order valence-electron chi connectivity index (χ0n) is 14.8. The number of carbonyl (C=O) groups excluding carboxylic acids is 2. The van der Waals surface area contributed by atoms with Gasteiger partial charge in [-0.25, -0.2) is 0 Å². The van der Waals surface area contributed by atoms with Crippen LogP contribution in [0.5, 0.6) is 5.75 Å². The third-order valence-corrected chi connectivity index (χ3v) is 5.29. The molecule has 0 fully saturated rings. The van der Waals surface area contributed by atoms with E-state index in [-0.39, 0.29) is 11.6 Å². The van der Waals surface area contributed by atoms with Crippen molar-refractivity contribution in [1.29, 1.82) is 0 Å². The summed E-state index contributed by atoms with van der Waals surface area (Å²) in [5.41, 5.74) is 2.72. The lowest BCUT2D eigenvalue weighted by atomic mass is 10.0. The minimum absolute atomic E-state index is 0.0677. The van der Waals surface area contributed by atoms with Crippen LogP contribution in [0.4, 0.5) is 10.7 Å². The average molecular weight is 365 g/mol. The SMILES string of the molecule is COc1ccc(Nc2sc(C(=O)c3ccccc3)c(C)c2C(C)=O)cc1. The lowest BCUT2D eigenvalue weighted by Crippen LogP contribution is -2.02. The molecule has 0 saturated carbocycles. The van der Waals surface area contributed by atoms with Crippen LogP contribution in [0.15, 0.2) is 54.6 Å². The Morgan fingerprint density at radius 1 is 1.00 bits per heavy atom. The van der Waals surface area contributed by atoms with Gasteiger partial charge in [0.2, 0.25) is 5.78 Å². The van der Waals surface area contributed by atoms with E-state index < -0.39 is 0 Å². The molecule has 0 spiro atoms. The molecule has 0 saturated heterocycles. The molecule has 3 rings (SSSR count). The maximum absolute atomic E-state index is 12.8. The van der Waals surface area contributed by atoms with Gasteiger partial charge in [-0.05, 0) is 43.7 Å². The fraction of sp³-hybridized carbons (Fsp3) is 0.143. The van der Waals surface area contributed by atoms with Crippen LogP contribution in [-0.2, 0) is 0 Å². The van der Waals surface area contributed by atoms with Crippen molar-refractivity contribution in [2.45, 2.75) is 13.8 Å². The topological polar surface area (TPSA) is 55.4 Å². The van der Waals surface area contributed by atoms with Gasteiger partial charge in [0.15, 0.2) is 5.78 Å². The predicted octanol–water partition coefficient (Wildman–Crippen LogP) is 5.24. The van der Waals surface area contributed by atoms with E-state index in [4.69, 9.17) is 4.74 Å². The zero-order chi connectivity index (χ0) is 18.7. The molecular weight excluding hydrogens is 346 g/mol. The molecule has 0 radical (unpaired) electrons. The van der Waals surface area contributed by atoms with Crippen LogP contribution < -0.4 is 10.1 Å². The molecule has 2 aromatic carbocycles. The molecule has 5 heteroatoms. The first kappa shape index (κ1) is 17.9. The minimum atomic E-state index is -0.0709. The van der Waals surface area contributed by atoms with Crippen molar-refractivity contribution in [3.8, 4) is 5.75 Å². The number of ether oxygens (including phenoxy) is 1. The summed E-state index contributed by atoms with van der Waals surface area (Å²) >= 11 is 1.31. The summed E-state index contributed by atoms with van der Waals surface area (Å²) < 4.78 is 5.16. The van der Waals surface area contributed by atoms with E-state index in [1.807, 2.05) is 49.4 Å². The van der Waals surface area contributed by atoms with Gasteiger partial charge >= 0.3 is 0 Å². The van der Waals surface area contributed by atoms with Crippen LogP contribution in [0.1, 0.15) is 38.1 Å². The van der Waals surface area contributed by atoms with Gasteiger partial charge in [-0.2, -0.15) is 0 Å². The quantitative estimate of drug-likeness (QED) is 0.607. The van der Waals surface area contributed by atoms with Crippen molar-refractivity contribution in [2.75, 3.05) is 12.4 Å². The van der Waals surface area contributed by atoms with Gasteiger partial charge in [0, 0.05) is 11.3 Å². The lowest BCUT2D eigenvalue weighted by molar-refractivity contribution is 0.101. The first-order valence-electron chi connectivity index (χ1n) is 8.16. The number of ketones is 2. The standard InChI is InChI=1S/C21H19NO3S/c1-13-18(14(2)23)21(22-16-9-11-17(25-3)12-10-16)26-20(13)19(24)15-7-5-4-6-8-15/h4-12,22H,1-3H3. The molecule has 1 N–H and O–H groups in total. The summed E-state index contributed by atoms with van der Waals surface area (Å²) in [5.74, 6) is 0.616. The van der Waals surface area contributed by atoms with Crippen LogP contribution in [0.25, 0.3) is 0 Å². The van der Waals surface area contributed by atoms with Crippen molar-refractivity contribution >= 4 is 33.6 Å². The van der Waals surface area contributed by atoms with Gasteiger partial charge in [-0.3, -0.25) is 9.59 Å². The Labute approximate surface area is 156 Å². The third kappa shape index (κ3) is 3.53. The Morgan fingerprint density at radius 3 is 2.23 bits per heavy atom. The van der Waals surface area contributed by atoms with E-state index in [0.717, 1.165) is 11.4 Å². The number of nitrogens with one attached hydrogen (secondary N) is 1. The smallest absolute Gasteiger partial charge is 0.203 e. The molecule has 0 atom stereocenters. The van der Waals surface area contributed by atoms with E-state index >= 15 is 0 Å². The van der Waals surface area contributed by atoms with Crippen LogP contribution in [0.2, 0.25) is 0 Å². The number of hydrogen-bond acceptors (Lipinski definition) is 5. The Bertz CT molecular complexity index is 943. The molecule has 0 aliphatic carbocycles. The van der Waals surface area contributed by atoms with Crippen LogP contribution >= 0.6 is 11.3 Å². The van der Waals surface area contributed by atoms with E-state index in [1.165, 1.54) is 18.3 Å². The summed E-state index contributed by atoms with van der Waals surface area (Å²) in [4.78, 5) is 25.6. The molecule has 0 bridgehead atoms. The number of carbonyl (C=O) groups is 2. The number of anilines is 2. The highest BCUT2D eigenvalue weighted by atomic mass is 32.1. The fourth-order valence-corrected chi connectivity index (χ4v) is 4.01. The fourth-order valence-electron chi connectivity index (χ4n) is 2.77. The van der Waals surface area contributed by atoms with Gasteiger partial charge in [0.25, 0.3) is 0 Å². The molecule has 0 aliphatic heterocycles. The Kier molecular flexibility index (Phi) is 5.19. The summed E-state index contributed by atoms with van der Waals surface area (Å²) in [5, 5.41) is 3.94. The second kappa shape index (κ2) is 7.54. The molecular formula is C21H19NO3S. The third-order valence-electron chi connectivity index (χ3n) is 4.09. The maximum atomic E-state index is 12.8. The summed E-state index contributed by atoms with van der Waals surface area (Å²) in [6.45, 7) is 3.34. The van der Waals surface area contributed by atoms with Gasteiger partial charge in [0.05, 0.1) is 17.6 Å². The molecule has 26 heavy (non-hydrogen) atoms. The number of benzene rings is 2. The van der Waals surface area contributed by atoms with Crippen molar-refractivity contribution < 1.29 is 14.3 Å². The van der Waals surface area contributed by atoms with Crippen molar-refractivity contribution in [1.82, 2.24) is 0 Å². The van der Waals surface area contributed by atoms with Crippen LogP contribution in [0, 0.1) is 6.92 Å². The summed E-state index contributed by atoms with van der Waals surface area (Å²) in [7, 11) is 1.61. The minimum Gasteiger partial charge on any atom is -0.497 e. The molecule has 1 heterocycles. The lowest BCUT2D eigenvalue weighted by Gasteiger charge is -2.07. The molecule has 4 nitrogen and oxygen atoms in total. The van der Waals surface area contributed by atoms with E-state index in [9.17, 15) is 9.59 Å². The van der Waals surface area contributed by atoms with Gasteiger partial charge in [-0.1, -0.05) is 30.3 Å². The van der Waals surface area contributed by atoms with E-state index in [0.29, 0.717) is 26.6 Å². The highest BCUT2D eigenvalue weighted by Crippen LogP contribution is 2.37. The largest absolute Gasteiger partial charge is 0.497 e. The maximum Gasteiger partial charge on any atom is 0.203 e. The van der Waals surface area contributed by atoms with Crippen molar-refractivity contribution in [2.24, 2.45) is 0 Å².